The molecule has 0 aromatic carbocycles. The Morgan fingerprint density at radius 3 is 2.61 bits per heavy atom. The first-order chi connectivity index (χ1) is 8.47. The molecule has 2 amide bonds. The van der Waals surface area contributed by atoms with Crippen LogP contribution in [0.5, 0.6) is 0 Å². The quantitative estimate of drug-likeness (QED) is 0.799. The van der Waals surface area contributed by atoms with Gasteiger partial charge >= 0.3 is 12.0 Å². The van der Waals surface area contributed by atoms with Crippen molar-refractivity contribution in [2.45, 2.75) is 38.6 Å². The predicted molar refractivity (Wildman–Crippen MR) is 67.2 cm³/mol. The first-order valence-corrected chi connectivity index (χ1v) is 6.71. The number of carbonyl (C=O) groups excluding carboxylic acids is 1. The van der Waals surface area contributed by atoms with Crippen molar-refractivity contribution < 1.29 is 14.7 Å². The van der Waals surface area contributed by atoms with Crippen LogP contribution in [0.3, 0.4) is 0 Å². The molecule has 0 aromatic rings. The normalized spacial score (nSPS) is 31.1. The number of nitrogens with one attached hydrogen (secondary N) is 1. The SMILES string of the molecule is C[C@H](NC(=O)N(C)CC1CC2CCC1C2)C(=O)O. The molecule has 0 heterocycles. The summed E-state index contributed by atoms with van der Waals surface area (Å²) in [5.41, 5.74) is 0. The second kappa shape index (κ2) is 5.16. The Morgan fingerprint density at radius 2 is 2.11 bits per heavy atom. The average Bonchev–Trinajstić information content (AvgIpc) is 2.90. The maximum atomic E-state index is 11.8. The second-order valence-electron chi connectivity index (χ2n) is 5.82. The van der Waals surface area contributed by atoms with E-state index < -0.39 is 12.0 Å². The third-order valence-electron chi connectivity index (χ3n) is 4.45. The molecule has 2 rings (SSSR count). The summed E-state index contributed by atoms with van der Waals surface area (Å²) in [6.45, 7) is 2.23. The summed E-state index contributed by atoms with van der Waals surface area (Å²) in [4.78, 5) is 24.1. The van der Waals surface area contributed by atoms with Crippen molar-refractivity contribution in [2.24, 2.45) is 17.8 Å². The van der Waals surface area contributed by atoms with Crippen LogP contribution in [-0.2, 0) is 4.79 Å². The Morgan fingerprint density at radius 1 is 1.39 bits per heavy atom. The molecular formula is C13H22N2O3. The van der Waals surface area contributed by atoms with Crippen molar-refractivity contribution >= 4 is 12.0 Å². The van der Waals surface area contributed by atoms with Crippen molar-refractivity contribution in [3.8, 4) is 0 Å². The van der Waals surface area contributed by atoms with Crippen LogP contribution in [0.1, 0.15) is 32.6 Å². The highest BCUT2D eigenvalue weighted by molar-refractivity contribution is 5.82. The van der Waals surface area contributed by atoms with Gasteiger partial charge in [-0.2, -0.15) is 0 Å². The number of hydrogen-bond acceptors (Lipinski definition) is 2. The van der Waals surface area contributed by atoms with Crippen LogP contribution in [0.2, 0.25) is 0 Å². The van der Waals surface area contributed by atoms with Crippen molar-refractivity contribution in [1.82, 2.24) is 10.2 Å². The third kappa shape index (κ3) is 2.76. The van der Waals surface area contributed by atoms with Gasteiger partial charge in [0.1, 0.15) is 6.04 Å². The number of carboxylic acid groups (broad SMARTS) is 1. The standard InChI is InChI=1S/C13H22N2O3/c1-8(12(16)17)14-13(18)15(2)7-11-6-9-3-4-10(11)5-9/h8-11H,3-7H2,1-2H3,(H,14,18)(H,16,17)/t8-,9?,10?,11?/m0/s1. The smallest absolute Gasteiger partial charge is 0.325 e. The van der Waals surface area contributed by atoms with Gasteiger partial charge < -0.3 is 15.3 Å². The van der Waals surface area contributed by atoms with Gasteiger partial charge in [0.25, 0.3) is 0 Å². The summed E-state index contributed by atoms with van der Waals surface area (Å²) >= 11 is 0. The molecule has 2 saturated carbocycles. The van der Waals surface area contributed by atoms with Gasteiger partial charge in [0.05, 0.1) is 0 Å². The zero-order valence-electron chi connectivity index (χ0n) is 11.1. The Balaban J connectivity index is 1.79. The van der Waals surface area contributed by atoms with E-state index in [0.717, 1.165) is 18.4 Å². The molecule has 2 fully saturated rings. The monoisotopic (exact) mass is 254 g/mol. The molecular weight excluding hydrogens is 232 g/mol. The molecule has 0 spiro atoms. The Labute approximate surface area is 108 Å². The van der Waals surface area contributed by atoms with E-state index in [-0.39, 0.29) is 6.03 Å². The molecule has 4 atom stereocenters. The van der Waals surface area contributed by atoms with Crippen molar-refractivity contribution in [2.75, 3.05) is 13.6 Å². The molecule has 5 heteroatoms. The topological polar surface area (TPSA) is 69.6 Å². The lowest BCUT2D eigenvalue weighted by Crippen LogP contribution is -2.46. The van der Waals surface area contributed by atoms with Gasteiger partial charge in [-0.1, -0.05) is 6.42 Å². The highest BCUT2D eigenvalue weighted by Crippen LogP contribution is 2.48. The number of amides is 2. The molecule has 0 radical (unpaired) electrons. The van der Waals surface area contributed by atoms with Crippen LogP contribution in [-0.4, -0.2) is 41.6 Å². The molecule has 2 bridgehead atoms. The van der Waals surface area contributed by atoms with Crippen LogP contribution >= 0.6 is 0 Å². The van der Waals surface area contributed by atoms with Crippen molar-refractivity contribution in [3.63, 3.8) is 0 Å². The molecule has 5 nitrogen and oxygen atoms in total. The molecule has 0 aromatic heterocycles. The van der Waals surface area contributed by atoms with Gasteiger partial charge in [-0.25, -0.2) is 4.79 Å². The molecule has 2 aliphatic carbocycles. The highest BCUT2D eigenvalue weighted by atomic mass is 16.4. The molecule has 102 valence electrons. The van der Waals surface area contributed by atoms with E-state index >= 15 is 0 Å². The van der Waals surface area contributed by atoms with Gasteiger partial charge in [-0.15, -0.1) is 0 Å². The maximum Gasteiger partial charge on any atom is 0.325 e. The third-order valence-corrected chi connectivity index (χ3v) is 4.45. The summed E-state index contributed by atoms with van der Waals surface area (Å²) in [5.74, 6) is 1.26. The van der Waals surface area contributed by atoms with Crippen LogP contribution in [0.15, 0.2) is 0 Å². The van der Waals surface area contributed by atoms with E-state index in [0.29, 0.717) is 5.92 Å². The first-order valence-electron chi connectivity index (χ1n) is 6.71. The van der Waals surface area contributed by atoms with Crippen LogP contribution < -0.4 is 5.32 Å². The van der Waals surface area contributed by atoms with Gasteiger partial charge in [-0.3, -0.25) is 4.79 Å². The van der Waals surface area contributed by atoms with E-state index in [9.17, 15) is 9.59 Å². The minimum absolute atomic E-state index is 0.285. The van der Waals surface area contributed by atoms with Crippen LogP contribution in [0, 0.1) is 17.8 Å². The number of carbonyl (C=O) groups is 2. The number of nitrogens with zero attached hydrogens (tertiary/aromatic N) is 1. The van der Waals surface area contributed by atoms with Crippen LogP contribution in [0.4, 0.5) is 4.79 Å². The minimum Gasteiger partial charge on any atom is -0.480 e. The first kappa shape index (κ1) is 13.2. The van der Waals surface area contributed by atoms with E-state index in [4.69, 9.17) is 5.11 Å². The van der Waals surface area contributed by atoms with Gasteiger partial charge in [0.15, 0.2) is 0 Å². The van der Waals surface area contributed by atoms with Gasteiger partial charge in [0, 0.05) is 13.6 Å². The number of fused-ring (bicyclic) bond motifs is 2. The van der Waals surface area contributed by atoms with E-state index in [1.54, 1.807) is 11.9 Å². The Bertz CT molecular complexity index is 345. The minimum atomic E-state index is -1.00. The number of urea groups is 1. The number of carboxylic acids is 1. The predicted octanol–water partition coefficient (Wildman–Crippen LogP) is 1.54. The lowest BCUT2D eigenvalue weighted by atomic mass is 9.88. The fourth-order valence-electron chi connectivity index (χ4n) is 3.39. The fraction of sp³-hybridized carbons (Fsp3) is 0.846. The van der Waals surface area contributed by atoms with E-state index in [1.165, 1.54) is 32.6 Å². The molecule has 0 aliphatic heterocycles. The lowest BCUT2D eigenvalue weighted by molar-refractivity contribution is -0.138. The van der Waals surface area contributed by atoms with E-state index in [1.807, 2.05) is 0 Å². The molecule has 2 N–H and O–H groups in total. The van der Waals surface area contributed by atoms with Gasteiger partial charge in [0.2, 0.25) is 0 Å². The second-order valence-corrected chi connectivity index (χ2v) is 5.82. The summed E-state index contributed by atoms with van der Waals surface area (Å²) in [6, 6.07) is -1.12. The van der Waals surface area contributed by atoms with Crippen LogP contribution in [0.25, 0.3) is 0 Å². The lowest BCUT2D eigenvalue weighted by Gasteiger charge is -2.27. The highest BCUT2D eigenvalue weighted by Gasteiger charge is 2.40. The number of aliphatic carboxylic acids is 1. The largest absolute Gasteiger partial charge is 0.480 e. The summed E-state index contributed by atoms with van der Waals surface area (Å²) in [6.07, 6.45) is 5.21. The average molecular weight is 254 g/mol. The summed E-state index contributed by atoms with van der Waals surface area (Å²) in [5, 5.41) is 11.2. The van der Waals surface area contributed by atoms with Gasteiger partial charge in [-0.05, 0) is 43.9 Å². The number of rotatable bonds is 4. The Hall–Kier alpha value is -1.26. The molecule has 2 aliphatic rings. The summed E-state index contributed by atoms with van der Waals surface area (Å²) in [7, 11) is 1.75. The van der Waals surface area contributed by atoms with Crippen molar-refractivity contribution in [3.05, 3.63) is 0 Å². The van der Waals surface area contributed by atoms with Crippen molar-refractivity contribution in [1.29, 1.82) is 0 Å². The maximum absolute atomic E-state index is 11.8. The fourth-order valence-corrected chi connectivity index (χ4v) is 3.39. The zero-order chi connectivity index (χ0) is 13.3. The Kier molecular flexibility index (Phi) is 3.78. The number of hydrogen-bond donors (Lipinski definition) is 2. The van der Waals surface area contributed by atoms with E-state index in [2.05, 4.69) is 5.32 Å². The molecule has 0 saturated heterocycles. The summed E-state index contributed by atoms with van der Waals surface area (Å²) < 4.78 is 0. The zero-order valence-corrected chi connectivity index (χ0v) is 11.1. The molecule has 18 heavy (non-hydrogen) atoms. The molecule has 3 unspecified atom stereocenters.